The number of hydrogen-bond acceptors (Lipinski definition) is 3. The van der Waals surface area contributed by atoms with Crippen LogP contribution in [0.25, 0.3) is 0 Å². The largest absolute Gasteiger partial charge is 0.271 e. The van der Waals surface area contributed by atoms with Crippen molar-refractivity contribution in [1.82, 2.24) is 5.43 Å². The van der Waals surface area contributed by atoms with Gasteiger partial charge in [0.1, 0.15) is 0 Å². The number of hydrogen-bond donors (Lipinski definition) is 2. The maximum absolute atomic E-state index is 5.69. The van der Waals surface area contributed by atoms with Crippen LogP contribution in [-0.4, -0.2) is 0 Å². The van der Waals surface area contributed by atoms with Crippen molar-refractivity contribution in [2.75, 3.05) is 0 Å². The molecule has 90 valence electrons. The highest BCUT2D eigenvalue weighted by Crippen LogP contribution is 2.33. The smallest absolute Gasteiger partial charge is 0.0813 e. The average Bonchev–Trinajstić information content (AvgIpc) is 2.71. The summed E-state index contributed by atoms with van der Waals surface area (Å²) in [6.45, 7) is 2.09. The Bertz CT molecular complexity index is 525. The second-order valence-corrected chi connectivity index (χ2v) is 6.80. The molecule has 0 amide bonds. The third kappa shape index (κ3) is 2.98. The average molecular weight is 376 g/mol. The second-order valence-electron chi connectivity index (χ2n) is 3.71. The van der Waals surface area contributed by atoms with Crippen molar-refractivity contribution >= 4 is 43.2 Å². The molecule has 0 saturated heterocycles. The predicted octanol–water partition coefficient (Wildman–Crippen LogP) is 4.13. The molecule has 1 aromatic heterocycles. The van der Waals surface area contributed by atoms with Crippen molar-refractivity contribution in [2.24, 2.45) is 5.84 Å². The van der Waals surface area contributed by atoms with E-state index in [9.17, 15) is 0 Å². The first-order valence-electron chi connectivity index (χ1n) is 5.09. The molecule has 2 rings (SSSR count). The lowest BCUT2D eigenvalue weighted by Gasteiger charge is -2.16. The van der Waals surface area contributed by atoms with Crippen molar-refractivity contribution in [2.45, 2.75) is 13.0 Å². The molecule has 0 aliphatic carbocycles. The molecule has 0 radical (unpaired) electrons. The minimum atomic E-state index is 0.0144. The van der Waals surface area contributed by atoms with Crippen LogP contribution in [0.2, 0.25) is 0 Å². The molecule has 3 N–H and O–H groups in total. The summed E-state index contributed by atoms with van der Waals surface area (Å²) < 4.78 is 2.10. The zero-order chi connectivity index (χ0) is 12.4. The van der Waals surface area contributed by atoms with Gasteiger partial charge in [-0.1, -0.05) is 31.9 Å². The number of hydrazine groups is 1. The van der Waals surface area contributed by atoms with Crippen LogP contribution >= 0.6 is 43.2 Å². The Morgan fingerprint density at radius 3 is 2.59 bits per heavy atom. The quantitative estimate of drug-likeness (QED) is 0.625. The molecule has 2 aromatic rings. The zero-order valence-electron chi connectivity index (χ0n) is 9.21. The molecule has 0 saturated carbocycles. The van der Waals surface area contributed by atoms with Crippen LogP contribution in [0.5, 0.6) is 0 Å². The Hall–Kier alpha value is -0.200. The number of benzene rings is 1. The van der Waals surface area contributed by atoms with Gasteiger partial charge in [-0.15, -0.1) is 11.3 Å². The molecule has 0 fully saturated rings. The van der Waals surface area contributed by atoms with Crippen LogP contribution in [0.1, 0.15) is 21.4 Å². The normalized spacial score (nSPS) is 12.7. The van der Waals surface area contributed by atoms with Crippen molar-refractivity contribution in [3.8, 4) is 0 Å². The third-order valence-electron chi connectivity index (χ3n) is 2.48. The summed E-state index contributed by atoms with van der Waals surface area (Å²) in [5, 5.41) is 0. The van der Waals surface area contributed by atoms with E-state index in [0.717, 1.165) is 14.5 Å². The Labute approximate surface area is 121 Å². The van der Waals surface area contributed by atoms with Gasteiger partial charge in [0.05, 0.1) is 6.04 Å². The lowest BCUT2D eigenvalue weighted by atomic mass is 10.1. The number of halogens is 2. The van der Waals surface area contributed by atoms with Crippen LogP contribution in [-0.2, 0) is 0 Å². The fraction of sp³-hybridized carbons (Fsp3) is 0.167. The van der Waals surface area contributed by atoms with Gasteiger partial charge in [0.25, 0.3) is 0 Å². The fourth-order valence-electron chi connectivity index (χ4n) is 1.67. The standard InChI is InChI=1S/C12H12Br2N2S/c1-7-2-5-11(17-7)12(16-15)9-6-8(13)3-4-10(9)14/h2-6,12,16H,15H2,1H3. The van der Waals surface area contributed by atoms with E-state index >= 15 is 0 Å². The van der Waals surface area contributed by atoms with Crippen LogP contribution in [0.3, 0.4) is 0 Å². The van der Waals surface area contributed by atoms with Gasteiger partial charge in [-0.25, -0.2) is 5.43 Å². The van der Waals surface area contributed by atoms with E-state index < -0.39 is 0 Å². The SMILES string of the molecule is Cc1ccc(C(NN)c2cc(Br)ccc2Br)s1. The van der Waals surface area contributed by atoms with E-state index in [1.54, 1.807) is 11.3 Å². The minimum Gasteiger partial charge on any atom is -0.271 e. The molecule has 0 spiro atoms. The summed E-state index contributed by atoms with van der Waals surface area (Å²) in [6, 6.07) is 10.3. The Balaban J connectivity index is 2.45. The zero-order valence-corrected chi connectivity index (χ0v) is 13.2. The van der Waals surface area contributed by atoms with Crippen LogP contribution < -0.4 is 11.3 Å². The Morgan fingerprint density at radius 1 is 1.24 bits per heavy atom. The van der Waals surface area contributed by atoms with E-state index in [0.29, 0.717) is 0 Å². The molecule has 5 heteroatoms. The molecule has 1 unspecified atom stereocenters. The lowest BCUT2D eigenvalue weighted by Crippen LogP contribution is -2.28. The van der Waals surface area contributed by atoms with Gasteiger partial charge < -0.3 is 0 Å². The molecular formula is C12H12Br2N2S. The highest BCUT2D eigenvalue weighted by atomic mass is 79.9. The maximum atomic E-state index is 5.69. The van der Waals surface area contributed by atoms with Crippen molar-refractivity contribution < 1.29 is 0 Å². The highest BCUT2D eigenvalue weighted by molar-refractivity contribution is 9.11. The van der Waals surface area contributed by atoms with Crippen LogP contribution in [0.4, 0.5) is 0 Å². The number of rotatable bonds is 3. The van der Waals surface area contributed by atoms with E-state index in [2.05, 4.69) is 62.4 Å². The molecular weight excluding hydrogens is 364 g/mol. The van der Waals surface area contributed by atoms with E-state index in [1.165, 1.54) is 9.75 Å². The number of aryl methyl sites for hydroxylation is 1. The van der Waals surface area contributed by atoms with Gasteiger partial charge in [0.2, 0.25) is 0 Å². The molecule has 0 aliphatic heterocycles. The first kappa shape index (κ1) is 13.2. The van der Waals surface area contributed by atoms with Gasteiger partial charge in [-0.3, -0.25) is 5.84 Å². The number of nitrogens with two attached hydrogens (primary N) is 1. The van der Waals surface area contributed by atoms with Crippen molar-refractivity contribution in [1.29, 1.82) is 0 Å². The minimum absolute atomic E-state index is 0.0144. The van der Waals surface area contributed by atoms with Gasteiger partial charge in [-0.2, -0.15) is 0 Å². The number of nitrogens with one attached hydrogen (secondary N) is 1. The monoisotopic (exact) mass is 374 g/mol. The van der Waals surface area contributed by atoms with Crippen LogP contribution in [0, 0.1) is 6.92 Å². The van der Waals surface area contributed by atoms with Gasteiger partial charge >= 0.3 is 0 Å². The summed E-state index contributed by atoms with van der Waals surface area (Å²) in [4.78, 5) is 2.50. The van der Waals surface area contributed by atoms with Gasteiger partial charge in [0.15, 0.2) is 0 Å². The van der Waals surface area contributed by atoms with E-state index in [1.807, 2.05) is 12.1 Å². The Kier molecular flexibility index (Phi) is 4.38. The first-order chi connectivity index (χ1) is 8.11. The predicted molar refractivity (Wildman–Crippen MR) is 80.1 cm³/mol. The molecule has 17 heavy (non-hydrogen) atoms. The van der Waals surface area contributed by atoms with Gasteiger partial charge in [-0.05, 0) is 42.8 Å². The number of thiophene rings is 1. The molecule has 2 nitrogen and oxygen atoms in total. The highest BCUT2D eigenvalue weighted by Gasteiger charge is 2.17. The molecule has 0 aliphatic rings. The lowest BCUT2D eigenvalue weighted by molar-refractivity contribution is 0.644. The van der Waals surface area contributed by atoms with Crippen molar-refractivity contribution in [3.05, 3.63) is 54.6 Å². The Morgan fingerprint density at radius 2 is 2.00 bits per heavy atom. The maximum Gasteiger partial charge on any atom is 0.0813 e. The summed E-state index contributed by atoms with van der Waals surface area (Å²) in [5.74, 6) is 5.69. The molecule has 1 aromatic carbocycles. The van der Waals surface area contributed by atoms with Gasteiger partial charge in [0, 0.05) is 18.7 Å². The topological polar surface area (TPSA) is 38.0 Å². The van der Waals surface area contributed by atoms with E-state index in [-0.39, 0.29) is 6.04 Å². The first-order valence-corrected chi connectivity index (χ1v) is 7.49. The summed E-state index contributed by atoms with van der Waals surface area (Å²) >= 11 is 8.80. The molecule has 0 bridgehead atoms. The summed E-state index contributed by atoms with van der Waals surface area (Å²) in [6.07, 6.45) is 0. The van der Waals surface area contributed by atoms with Crippen LogP contribution in [0.15, 0.2) is 39.3 Å². The second kappa shape index (κ2) is 5.63. The third-order valence-corrected chi connectivity index (χ3v) is 4.76. The molecule has 1 heterocycles. The molecule has 1 atom stereocenters. The van der Waals surface area contributed by atoms with Crippen molar-refractivity contribution in [3.63, 3.8) is 0 Å². The fourth-order valence-corrected chi connectivity index (χ4v) is 3.48. The summed E-state index contributed by atoms with van der Waals surface area (Å²) in [5.41, 5.74) is 4.00. The summed E-state index contributed by atoms with van der Waals surface area (Å²) in [7, 11) is 0. The van der Waals surface area contributed by atoms with E-state index in [4.69, 9.17) is 5.84 Å².